The molecule has 0 aliphatic heterocycles. The summed E-state index contributed by atoms with van der Waals surface area (Å²) in [4.78, 5) is 23.4. The molecule has 0 aliphatic rings. The lowest BCUT2D eigenvalue weighted by Gasteiger charge is -2.09. The summed E-state index contributed by atoms with van der Waals surface area (Å²) in [6, 6.07) is 3.23. The van der Waals surface area contributed by atoms with Gasteiger partial charge in [0.1, 0.15) is 5.69 Å². The minimum absolute atomic E-state index is 0.108. The largest absolute Gasteiger partial charge is 0.395 e. The predicted octanol–water partition coefficient (Wildman–Crippen LogP) is 0.825. The summed E-state index contributed by atoms with van der Waals surface area (Å²) in [5.41, 5.74) is -0.0368. The first-order chi connectivity index (χ1) is 8.04. The maximum atomic E-state index is 11.8. The third-order valence-electron chi connectivity index (χ3n) is 2.23. The quantitative estimate of drug-likeness (QED) is 0.798. The van der Waals surface area contributed by atoms with Crippen molar-refractivity contribution < 1.29 is 9.90 Å². The van der Waals surface area contributed by atoms with Crippen LogP contribution >= 0.6 is 0 Å². The van der Waals surface area contributed by atoms with Gasteiger partial charge in [-0.05, 0) is 18.1 Å². The second-order valence-corrected chi connectivity index (χ2v) is 4.29. The molecule has 0 saturated carbocycles. The summed E-state index contributed by atoms with van der Waals surface area (Å²) in [6.45, 7) is 4.00. The van der Waals surface area contributed by atoms with Gasteiger partial charge in [-0.3, -0.25) is 9.59 Å². The van der Waals surface area contributed by atoms with Crippen LogP contribution in [0.1, 0.15) is 20.3 Å². The number of pyridine rings is 1. The van der Waals surface area contributed by atoms with Gasteiger partial charge in [0.05, 0.1) is 6.61 Å². The van der Waals surface area contributed by atoms with E-state index in [0.717, 1.165) is 0 Å². The molecule has 94 valence electrons. The first-order valence-corrected chi connectivity index (χ1v) is 5.64. The molecule has 1 heterocycles. The van der Waals surface area contributed by atoms with E-state index in [9.17, 15) is 9.59 Å². The molecular weight excluding hydrogens is 220 g/mol. The Labute approximate surface area is 100 Å². The predicted molar refractivity (Wildman–Crippen MR) is 65.9 cm³/mol. The topological polar surface area (TPSA) is 71.3 Å². The molecule has 5 heteroatoms. The van der Waals surface area contributed by atoms with Gasteiger partial charge in [0.2, 0.25) is 5.91 Å². The van der Waals surface area contributed by atoms with Gasteiger partial charge in [-0.15, -0.1) is 0 Å². The lowest BCUT2D eigenvalue weighted by Crippen LogP contribution is -2.26. The smallest absolute Gasteiger partial charge is 0.274 e. The summed E-state index contributed by atoms with van der Waals surface area (Å²) in [5, 5.41) is 11.4. The summed E-state index contributed by atoms with van der Waals surface area (Å²) in [7, 11) is 0. The molecule has 0 aliphatic carbocycles. The fourth-order valence-corrected chi connectivity index (χ4v) is 1.49. The summed E-state index contributed by atoms with van der Waals surface area (Å²) in [5.74, 6) is 0.0808. The lowest BCUT2D eigenvalue weighted by atomic mass is 10.1. The van der Waals surface area contributed by atoms with E-state index < -0.39 is 0 Å². The van der Waals surface area contributed by atoms with E-state index in [1.807, 2.05) is 13.8 Å². The van der Waals surface area contributed by atoms with E-state index in [0.29, 0.717) is 6.42 Å². The zero-order valence-electron chi connectivity index (χ0n) is 10.1. The van der Waals surface area contributed by atoms with Crippen molar-refractivity contribution in [2.45, 2.75) is 26.8 Å². The highest BCUT2D eigenvalue weighted by molar-refractivity contribution is 5.90. The fraction of sp³-hybridized carbons (Fsp3) is 0.500. The van der Waals surface area contributed by atoms with Crippen molar-refractivity contribution in [1.82, 2.24) is 4.57 Å². The molecule has 0 radical (unpaired) electrons. The number of hydrogen-bond donors (Lipinski definition) is 2. The standard InChI is InChI=1S/C12H18N2O3/c1-9(2)8-11(16)13-10-4-3-5-14(6-7-15)12(10)17/h3-5,9,15H,6-8H2,1-2H3,(H,13,16). The average molecular weight is 238 g/mol. The first kappa shape index (κ1) is 13.4. The van der Waals surface area contributed by atoms with Gasteiger partial charge in [-0.2, -0.15) is 0 Å². The molecule has 5 nitrogen and oxygen atoms in total. The summed E-state index contributed by atoms with van der Waals surface area (Å²) < 4.78 is 1.37. The lowest BCUT2D eigenvalue weighted by molar-refractivity contribution is -0.116. The second-order valence-electron chi connectivity index (χ2n) is 4.29. The highest BCUT2D eigenvalue weighted by Crippen LogP contribution is 2.04. The van der Waals surface area contributed by atoms with E-state index in [-0.39, 0.29) is 36.2 Å². The van der Waals surface area contributed by atoms with E-state index in [4.69, 9.17) is 5.11 Å². The van der Waals surface area contributed by atoms with E-state index in [2.05, 4.69) is 5.32 Å². The maximum Gasteiger partial charge on any atom is 0.274 e. The number of carbonyl (C=O) groups excluding carboxylic acids is 1. The van der Waals surface area contributed by atoms with Gasteiger partial charge in [-0.1, -0.05) is 13.8 Å². The summed E-state index contributed by atoms with van der Waals surface area (Å²) in [6.07, 6.45) is 1.96. The molecule has 0 fully saturated rings. The van der Waals surface area contributed by atoms with Crippen LogP contribution in [0.2, 0.25) is 0 Å². The van der Waals surface area contributed by atoms with E-state index >= 15 is 0 Å². The van der Waals surface area contributed by atoms with Crippen LogP contribution in [0.4, 0.5) is 5.69 Å². The average Bonchev–Trinajstić information content (AvgIpc) is 2.23. The van der Waals surface area contributed by atoms with E-state index in [1.165, 1.54) is 4.57 Å². The number of hydrogen-bond acceptors (Lipinski definition) is 3. The molecule has 1 aromatic heterocycles. The number of nitrogens with one attached hydrogen (secondary N) is 1. The molecule has 2 N–H and O–H groups in total. The van der Waals surface area contributed by atoms with Gasteiger partial charge in [0.25, 0.3) is 5.56 Å². The number of aliphatic hydroxyl groups excluding tert-OH is 1. The van der Waals surface area contributed by atoms with Crippen LogP contribution in [0.15, 0.2) is 23.1 Å². The van der Waals surface area contributed by atoms with Crippen LogP contribution in [-0.2, 0) is 11.3 Å². The molecule has 0 bridgehead atoms. The monoisotopic (exact) mass is 238 g/mol. The number of aliphatic hydroxyl groups is 1. The van der Waals surface area contributed by atoms with Crippen LogP contribution in [0, 0.1) is 5.92 Å². The Balaban J connectivity index is 2.81. The van der Waals surface area contributed by atoms with Crippen LogP contribution in [0.25, 0.3) is 0 Å². The number of rotatable bonds is 5. The van der Waals surface area contributed by atoms with Crippen LogP contribution in [0.5, 0.6) is 0 Å². The second kappa shape index (κ2) is 6.20. The Kier molecular flexibility index (Phi) is 4.90. The number of carbonyl (C=O) groups is 1. The fourth-order valence-electron chi connectivity index (χ4n) is 1.49. The van der Waals surface area contributed by atoms with Crippen molar-refractivity contribution in [2.24, 2.45) is 5.92 Å². The third kappa shape index (κ3) is 4.03. The summed E-state index contributed by atoms with van der Waals surface area (Å²) >= 11 is 0. The Morgan fingerprint density at radius 2 is 2.24 bits per heavy atom. The van der Waals surface area contributed by atoms with Crippen molar-refractivity contribution in [3.63, 3.8) is 0 Å². The minimum atomic E-state index is -0.293. The van der Waals surface area contributed by atoms with Crippen LogP contribution in [0.3, 0.4) is 0 Å². The molecule has 1 amide bonds. The van der Waals surface area contributed by atoms with Crippen LogP contribution in [-0.4, -0.2) is 22.2 Å². The van der Waals surface area contributed by atoms with Crippen molar-refractivity contribution in [1.29, 1.82) is 0 Å². The Morgan fingerprint density at radius 3 is 2.82 bits per heavy atom. The van der Waals surface area contributed by atoms with Crippen molar-refractivity contribution in [3.8, 4) is 0 Å². The highest BCUT2D eigenvalue weighted by Gasteiger charge is 2.08. The number of amides is 1. The van der Waals surface area contributed by atoms with Gasteiger partial charge < -0.3 is 15.0 Å². The molecule has 0 unspecified atom stereocenters. The van der Waals surface area contributed by atoms with Gasteiger partial charge in [-0.25, -0.2) is 0 Å². The SMILES string of the molecule is CC(C)CC(=O)Nc1cccn(CCO)c1=O. The zero-order chi connectivity index (χ0) is 12.8. The number of anilines is 1. The Hall–Kier alpha value is -1.62. The molecule has 0 aromatic carbocycles. The minimum Gasteiger partial charge on any atom is -0.395 e. The van der Waals surface area contributed by atoms with Crippen molar-refractivity contribution in [2.75, 3.05) is 11.9 Å². The maximum absolute atomic E-state index is 11.8. The van der Waals surface area contributed by atoms with Gasteiger partial charge >= 0.3 is 0 Å². The Morgan fingerprint density at radius 1 is 1.53 bits per heavy atom. The third-order valence-corrected chi connectivity index (χ3v) is 2.23. The van der Waals surface area contributed by atoms with Crippen LogP contribution < -0.4 is 10.9 Å². The molecule has 0 saturated heterocycles. The van der Waals surface area contributed by atoms with E-state index in [1.54, 1.807) is 18.3 Å². The molecule has 0 atom stereocenters. The Bertz CT molecular complexity index is 438. The first-order valence-electron chi connectivity index (χ1n) is 5.64. The van der Waals surface area contributed by atoms with Crippen molar-refractivity contribution in [3.05, 3.63) is 28.7 Å². The number of nitrogens with zero attached hydrogens (tertiary/aromatic N) is 1. The molecule has 17 heavy (non-hydrogen) atoms. The molecule has 1 aromatic rings. The number of aromatic nitrogens is 1. The highest BCUT2D eigenvalue weighted by atomic mass is 16.3. The van der Waals surface area contributed by atoms with Gasteiger partial charge in [0, 0.05) is 19.2 Å². The molecular formula is C12H18N2O3. The zero-order valence-corrected chi connectivity index (χ0v) is 10.1. The normalized spacial score (nSPS) is 10.6. The molecule has 0 spiro atoms. The molecule has 1 rings (SSSR count). The van der Waals surface area contributed by atoms with Gasteiger partial charge in [0.15, 0.2) is 0 Å². The van der Waals surface area contributed by atoms with Crippen molar-refractivity contribution >= 4 is 11.6 Å².